The van der Waals surface area contributed by atoms with Gasteiger partial charge in [-0.2, -0.15) is 0 Å². The Kier molecular flexibility index (Phi) is 17.2. The molecular formula is C50H56O11. The molecule has 0 amide bonds. The summed E-state index contributed by atoms with van der Waals surface area (Å²) >= 11 is 0. The molecule has 0 aliphatic carbocycles. The Morgan fingerprint density at radius 3 is 1.28 bits per heavy atom. The number of benzene rings is 5. The van der Waals surface area contributed by atoms with E-state index in [4.69, 9.17) is 42.6 Å². The smallest absolute Gasteiger partial charge is 0.187 e. The molecule has 2 N–H and O–H groups in total. The van der Waals surface area contributed by atoms with E-state index in [-0.39, 0.29) is 46.2 Å². The summed E-state index contributed by atoms with van der Waals surface area (Å²) in [5.41, 5.74) is 4.68. The minimum atomic E-state index is -1.41. The highest BCUT2D eigenvalue weighted by atomic mass is 16.8. The number of rotatable bonds is 22. The summed E-state index contributed by atoms with van der Waals surface area (Å²) in [4.78, 5) is 0. The van der Waals surface area contributed by atoms with Crippen molar-refractivity contribution >= 4 is 0 Å². The largest absolute Gasteiger partial charge is 0.387 e. The van der Waals surface area contributed by atoms with E-state index in [0.717, 1.165) is 27.8 Å². The zero-order chi connectivity index (χ0) is 42.1. The normalized spacial score (nSPS) is 26.5. The van der Waals surface area contributed by atoms with Crippen LogP contribution >= 0.6 is 0 Å². The van der Waals surface area contributed by atoms with E-state index in [1.165, 1.54) is 0 Å². The van der Waals surface area contributed by atoms with Gasteiger partial charge >= 0.3 is 0 Å². The molecule has 2 fully saturated rings. The van der Waals surface area contributed by atoms with Crippen molar-refractivity contribution in [2.75, 3.05) is 19.8 Å². The summed E-state index contributed by atoms with van der Waals surface area (Å²) < 4.78 is 59.0. The van der Waals surface area contributed by atoms with E-state index in [1.54, 1.807) is 6.08 Å². The fraction of sp³-hybridized carbons (Fsp3) is 0.360. The molecule has 5 aromatic rings. The first-order valence-corrected chi connectivity index (χ1v) is 20.8. The Labute approximate surface area is 358 Å². The minimum Gasteiger partial charge on any atom is -0.387 e. The van der Waals surface area contributed by atoms with Crippen LogP contribution in [0.5, 0.6) is 0 Å². The van der Waals surface area contributed by atoms with Crippen LogP contribution in [0.4, 0.5) is 0 Å². The molecule has 2 aliphatic heterocycles. The van der Waals surface area contributed by atoms with Gasteiger partial charge in [0.25, 0.3) is 0 Å². The lowest BCUT2D eigenvalue weighted by molar-refractivity contribution is -0.372. The summed E-state index contributed by atoms with van der Waals surface area (Å²) in [6, 6.07) is 48.7. The molecule has 10 atom stereocenters. The molecular weight excluding hydrogens is 777 g/mol. The third-order valence-corrected chi connectivity index (χ3v) is 10.5. The van der Waals surface area contributed by atoms with Crippen molar-refractivity contribution in [1.82, 2.24) is 0 Å². The van der Waals surface area contributed by atoms with Crippen molar-refractivity contribution in [2.45, 2.75) is 94.4 Å². The van der Waals surface area contributed by atoms with Gasteiger partial charge in [0.2, 0.25) is 0 Å². The number of ether oxygens (including phenoxy) is 9. The van der Waals surface area contributed by atoms with E-state index >= 15 is 0 Å². The highest BCUT2D eigenvalue weighted by Gasteiger charge is 2.53. The summed E-state index contributed by atoms with van der Waals surface area (Å²) in [5, 5.41) is 23.3. The van der Waals surface area contributed by atoms with Crippen molar-refractivity contribution in [2.24, 2.45) is 0 Å². The molecule has 0 unspecified atom stereocenters. The van der Waals surface area contributed by atoms with Gasteiger partial charge in [0.1, 0.15) is 48.8 Å². The molecule has 61 heavy (non-hydrogen) atoms. The van der Waals surface area contributed by atoms with Crippen LogP contribution in [0.25, 0.3) is 0 Å². The molecule has 0 saturated carbocycles. The van der Waals surface area contributed by atoms with Gasteiger partial charge in [-0.05, 0) is 27.8 Å². The van der Waals surface area contributed by atoms with Crippen LogP contribution in [0.2, 0.25) is 0 Å². The van der Waals surface area contributed by atoms with Gasteiger partial charge in [-0.25, -0.2) is 0 Å². The lowest BCUT2D eigenvalue weighted by Crippen LogP contribution is -2.66. The van der Waals surface area contributed by atoms with Crippen LogP contribution in [0, 0.1) is 0 Å². The van der Waals surface area contributed by atoms with Crippen molar-refractivity contribution in [1.29, 1.82) is 0 Å². The summed E-state index contributed by atoms with van der Waals surface area (Å²) in [6.45, 7) is 5.23. The highest BCUT2D eigenvalue weighted by molar-refractivity contribution is 5.17. The Balaban J connectivity index is 1.21. The van der Waals surface area contributed by atoms with Gasteiger partial charge in [0, 0.05) is 0 Å². The quantitative estimate of drug-likeness (QED) is 0.0706. The number of hydrogen-bond donors (Lipinski definition) is 2. The number of aliphatic hydroxyl groups excluding tert-OH is 2. The standard InChI is InChI=1S/C50H56O11/c1-2-28-55-49-48(58-33-40-26-16-7-17-27-40)47(57-32-39-24-14-6-15-25-39)45(42(60-49)35-54-30-37-20-10-4-11-21-37)61-50-46(56-31-38-22-12-5-13-23-38)44(52)43(51)41(59-50)34-53-29-36-18-8-3-9-19-36/h2-27,41-52H,1,28-35H2/t41-,42-,43+,44+,45-,46-,47+,48-,49-,50+/m1/s1. The van der Waals surface area contributed by atoms with Gasteiger partial charge in [-0.1, -0.05) is 158 Å². The van der Waals surface area contributed by atoms with E-state index in [0.29, 0.717) is 6.61 Å². The summed E-state index contributed by atoms with van der Waals surface area (Å²) in [6.07, 6.45) is -8.79. The van der Waals surface area contributed by atoms with E-state index in [1.807, 2.05) is 152 Å². The lowest BCUT2D eigenvalue weighted by atomic mass is 9.96. The first kappa shape index (κ1) is 44.5. The van der Waals surface area contributed by atoms with Crippen LogP contribution in [0.15, 0.2) is 164 Å². The van der Waals surface area contributed by atoms with Gasteiger partial charge in [-0.3, -0.25) is 0 Å². The van der Waals surface area contributed by atoms with Crippen molar-refractivity contribution in [3.8, 4) is 0 Å². The first-order chi connectivity index (χ1) is 30.1. The molecule has 322 valence electrons. The molecule has 2 aliphatic rings. The van der Waals surface area contributed by atoms with Crippen molar-refractivity contribution < 1.29 is 52.8 Å². The second kappa shape index (κ2) is 23.6. The van der Waals surface area contributed by atoms with Gasteiger partial charge in [-0.15, -0.1) is 6.58 Å². The summed E-state index contributed by atoms with van der Waals surface area (Å²) in [5.74, 6) is 0. The maximum atomic E-state index is 11.8. The SMILES string of the molecule is C=CCO[C@@H]1O[C@H](COCc2ccccc2)[C@@H](O[C@@H]2O[C@H](COCc3ccccc3)[C@H](O)[C@H](O)[C@H]2OCc2ccccc2)[C@H](OCc2ccccc2)[C@H]1OCc1ccccc1. The van der Waals surface area contributed by atoms with Crippen molar-refractivity contribution in [3.63, 3.8) is 0 Å². The molecule has 5 aromatic carbocycles. The van der Waals surface area contributed by atoms with Crippen LogP contribution in [0.3, 0.4) is 0 Å². The van der Waals surface area contributed by atoms with Gasteiger partial charge < -0.3 is 52.8 Å². The number of hydrogen-bond acceptors (Lipinski definition) is 11. The fourth-order valence-corrected chi connectivity index (χ4v) is 7.36. The second-order valence-electron chi connectivity index (χ2n) is 15.1. The van der Waals surface area contributed by atoms with E-state index in [2.05, 4.69) is 6.58 Å². The van der Waals surface area contributed by atoms with Crippen LogP contribution in [0.1, 0.15) is 27.8 Å². The molecule has 11 nitrogen and oxygen atoms in total. The molecule has 7 rings (SSSR count). The monoisotopic (exact) mass is 832 g/mol. The second-order valence-corrected chi connectivity index (χ2v) is 15.1. The highest BCUT2D eigenvalue weighted by Crippen LogP contribution is 2.35. The molecule has 2 saturated heterocycles. The first-order valence-electron chi connectivity index (χ1n) is 20.8. The zero-order valence-corrected chi connectivity index (χ0v) is 34.2. The number of aliphatic hydroxyl groups is 2. The van der Waals surface area contributed by atoms with Gasteiger partial charge in [0.05, 0.1) is 52.9 Å². The van der Waals surface area contributed by atoms with Crippen LogP contribution in [-0.2, 0) is 75.7 Å². The third kappa shape index (κ3) is 13.0. The third-order valence-electron chi connectivity index (χ3n) is 10.5. The molecule has 0 aromatic heterocycles. The molecule has 2 heterocycles. The van der Waals surface area contributed by atoms with Crippen molar-refractivity contribution in [3.05, 3.63) is 192 Å². The Bertz CT molecular complexity index is 1960. The van der Waals surface area contributed by atoms with E-state index in [9.17, 15) is 10.2 Å². The molecule has 11 heteroatoms. The predicted octanol–water partition coefficient (Wildman–Crippen LogP) is 6.94. The van der Waals surface area contributed by atoms with E-state index < -0.39 is 61.4 Å². The average molecular weight is 833 g/mol. The van der Waals surface area contributed by atoms with Gasteiger partial charge in [0.15, 0.2) is 12.6 Å². The maximum absolute atomic E-state index is 11.8. The van der Waals surface area contributed by atoms with Crippen LogP contribution < -0.4 is 0 Å². The topological polar surface area (TPSA) is 124 Å². The Hall–Kier alpha value is -4.60. The molecule has 0 radical (unpaired) electrons. The minimum absolute atomic E-state index is 0.0304. The lowest BCUT2D eigenvalue weighted by Gasteiger charge is -2.49. The zero-order valence-electron chi connectivity index (χ0n) is 34.2. The predicted molar refractivity (Wildman–Crippen MR) is 228 cm³/mol. The Morgan fingerprint density at radius 2 is 0.820 bits per heavy atom. The molecule has 0 spiro atoms. The maximum Gasteiger partial charge on any atom is 0.187 e. The Morgan fingerprint density at radius 1 is 0.426 bits per heavy atom. The summed E-state index contributed by atoms with van der Waals surface area (Å²) in [7, 11) is 0. The van der Waals surface area contributed by atoms with Crippen LogP contribution in [-0.4, -0.2) is 91.4 Å². The molecule has 0 bridgehead atoms. The average Bonchev–Trinajstić information content (AvgIpc) is 3.31. The fourth-order valence-electron chi connectivity index (χ4n) is 7.36.